The van der Waals surface area contributed by atoms with Gasteiger partial charge in [-0.2, -0.15) is 5.10 Å². The molecule has 0 aliphatic rings. The van der Waals surface area contributed by atoms with Crippen molar-refractivity contribution in [2.24, 2.45) is 0 Å². The molecular weight excluding hydrogens is 312 g/mol. The van der Waals surface area contributed by atoms with Gasteiger partial charge in [0.15, 0.2) is 0 Å². The maximum absolute atomic E-state index is 12.7. The van der Waals surface area contributed by atoms with Gasteiger partial charge in [-0.3, -0.25) is 4.79 Å². The number of hydrogen-bond donors (Lipinski definition) is 0. The summed E-state index contributed by atoms with van der Waals surface area (Å²) in [4.78, 5) is 18.3. The standard InChI is InChI=1S/C20H22N4O/c1-15-4-7-19(16(2)10-15)12-23(3)20(25)18-8-5-17(6-9-18)11-24-14-21-13-22-24/h4-10,13-14H,11-12H2,1-3H3. The normalized spacial score (nSPS) is 10.7. The van der Waals surface area contributed by atoms with Crippen LogP contribution in [0.25, 0.3) is 0 Å². The number of nitrogens with zero attached hydrogens (tertiary/aromatic N) is 4. The molecule has 128 valence electrons. The molecule has 3 rings (SSSR count). The maximum Gasteiger partial charge on any atom is 0.253 e. The lowest BCUT2D eigenvalue weighted by atomic mass is 10.0. The van der Waals surface area contributed by atoms with E-state index in [2.05, 4.69) is 42.1 Å². The van der Waals surface area contributed by atoms with Crippen molar-refractivity contribution in [2.75, 3.05) is 7.05 Å². The number of carbonyl (C=O) groups is 1. The lowest BCUT2D eigenvalue weighted by Gasteiger charge is -2.19. The maximum atomic E-state index is 12.7. The molecule has 0 fully saturated rings. The van der Waals surface area contributed by atoms with Gasteiger partial charge in [-0.05, 0) is 42.7 Å². The Morgan fingerprint density at radius 3 is 2.52 bits per heavy atom. The van der Waals surface area contributed by atoms with Crippen LogP contribution in [0.4, 0.5) is 0 Å². The van der Waals surface area contributed by atoms with Crippen LogP contribution in [0.3, 0.4) is 0 Å². The van der Waals surface area contributed by atoms with E-state index in [4.69, 9.17) is 0 Å². The van der Waals surface area contributed by atoms with Gasteiger partial charge in [-0.15, -0.1) is 0 Å². The quantitative estimate of drug-likeness (QED) is 0.720. The zero-order valence-corrected chi connectivity index (χ0v) is 14.8. The number of aryl methyl sites for hydroxylation is 2. The molecule has 5 nitrogen and oxygen atoms in total. The molecule has 25 heavy (non-hydrogen) atoms. The number of rotatable bonds is 5. The first-order chi connectivity index (χ1) is 12.0. The van der Waals surface area contributed by atoms with Crippen molar-refractivity contribution in [2.45, 2.75) is 26.9 Å². The van der Waals surface area contributed by atoms with Crippen LogP contribution < -0.4 is 0 Å². The predicted octanol–water partition coefficient (Wildman–Crippen LogP) is 3.22. The van der Waals surface area contributed by atoms with Crippen molar-refractivity contribution >= 4 is 5.91 Å². The van der Waals surface area contributed by atoms with Crippen LogP contribution in [0.2, 0.25) is 0 Å². The number of carbonyl (C=O) groups excluding carboxylic acids is 1. The molecule has 1 heterocycles. The van der Waals surface area contributed by atoms with E-state index < -0.39 is 0 Å². The number of aromatic nitrogens is 3. The Morgan fingerprint density at radius 1 is 1.12 bits per heavy atom. The Labute approximate surface area is 147 Å². The van der Waals surface area contributed by atoms with Crippen LogP contribution >= 0.6 is 0 Å². The minimum atomic E-state index is 0.0206. The van der Waals surface area contributed by atoms with E-state index in [1.54, 1.807) is 15.9 Å². The zero-order valence-electron chi connectivity index (χ0n) is 14.8. The van der Waals surface area contributed by atoms with E-state index >= 15 is 0 Å². The fourth-order valence-electron chi connectivity index (χ4n) is 2.83. The SMILES string of the molecule is Cc1ccc(CN(C)C(=O)c2ccc(Cn3cncn3)cc2)c(C)c1. The van der Waals surface area contributed by atoms with E-state index in [1.165, 1.54) is 23.0 Å². The average molecular weight is 334 g/mol. The molecule has 0 saturated carbocycles. The lowest BCUT2D eigenvalue weighted by molar-refractivity contribution is 0.0785. The van der Waals surface area contributed by atoms with Crippen LogP contribution in [0, 0.1) is 13.8 Å². The van der Waals surface area contributed by atoms with Gasteiger partial charge < -0.3 is 4.90 Å². The van der Waals surface area contributed by atoms with Gasteiger partial charge in [0, 0.05) is 19.2 Å². The highest BCUT2D eigenvalue weighted by Crippen LogP contribution is 2.15. The van der Waals surface area contributed by atoms with Gasteiger partial charge in [-0.25, -0.2) is 9.67 Å². The molecule has 0 unspecified atom stereocenters. The minimum Gasteiger partial charge on any atom is -0.337 e. The molecular formula is C20H22N4O. The third-order valence-corrected chi connectivity index (χ3v) is 4.26. The summed E-state index contributed by atoms with van der Waals surface area (Å²) in [7, 11) is 1.84. The smallest absolute Gasteiger partial charge is 0.253 e. The Kier molecular flexibility index (Phi) is 4.93. The van der Waals surface area contributed by atoms with Gasteiger partial charge >= 0.3 is 0 Å². The minimum absolute atomic E-state index is 0.0206. The Hall–Kier alpha value is -2.95. The van der Waals surface area contributed by atoms with Gasteiger partial charge in [0.25, 0.3) is 5.91 Å². The zero-order chi connectivity index (χ0) is 17.8. The van der Waals surface area contributed by atoms with Crippen molar-refractivity contribution in [1.82, 2.24) is 19.7 Å². The molecule has 2 aromatic carbocycles. The molecule has 0 spiro atoms. The second kappa shape index (κ2) is 7.30. The first-order valence-corrected chi connectivity index (χ1v) is 8.26. The molecule has 0 saturated heterocycles. The Balaban J connectivity index is 1.67. The monoisotopic (exact) mass is 334 g/mol. The van der Waals surface area contributed by atoms with E-state index in [9.17, 15) is 4.79 Å². The molecule has 3 aromatic rings. The summed E-state index contributed by atoms with van der Waals surface area (Å²) in [5, 5.41) is 4.09. The first kappa shape index (κ1) is 16.9. The predicted molar refractivity (Wildman–Crippen MR) is 97.3 cm³/mol. The van der Waals surface area contributed by atoms with E-state index in [0.717, 1.165) is 5.56 Å². The van der Waals surface area contributed by atoms with Crippen molar-refractivity contribution in [3.63, 3.8) is 0 Å². The van der Waals surface area contributed by atoms with Crippen LogP contribution in [0.15, 0.2) is 55.1 Å². The van der Waals surface area contributed by atoms with E-state index in [-0.39, 0.29) is 5.91 Å². The third kappa shape index (κ3) is 4.12. The summed E-state index contributed by atoms with van der Waals surface area (Å²) in [5.41, 5.74) is 5.39. The fourth-order valence-corrected chi connectivity index (χ4v) is 2.83. The summed E-state index contributed by atoms with van der Waals surface area (Å²) < 4.78 is 1.75. The van der Waals surface area contributed by atoms with Crippen LogP contribution in [0.1, 0.15) is 32.6 Å². The number of hydrogen-bond acceptors (Lipinski definition) is 3. The second-order valence-electron chi connectivity index (χ2n) is 6.38. The third-order valence-electron chi connectivity index (χ3n) is 4.26. The van der Waals surface area contributed by atoms with Crippen molar-refractivity contribution in [3.05, 3.63) is 82.9 Å². The van der Waals surface area contributed by atoms with Crippen molar-refractivity contribution in [1.29, 1.82) is 0 Å². The van der Waals surface area contributed by atoms with Gasteiger partial charge in [0.2, 0.25) is 0 Å². The Bertz CT molecular complexity index is 854. The van der Waals surface area contributed by atoms with Gasteiger partial charge in [0.1, 0.15) is 12.7 Å². The molecule has 0 radical (unpaired) electrons. The summed E-state index contributed by atoms with van der Waals surface area (Å²) in [6, 6.07) is 14.0. The summed E-state index contributed by atoms with van der Waals surface area (Å²) >= 11 is 0. The molecule has 1 amide bonds. The molecule has 5 heteroatoms. The largest absolute Gasteiger partial charge is 0.337 e. The van der Waals surface area contributed by atoms with Crippen molar-refractivity contribution in [3.8, 4) is 0 Å². The highest BCUT2D eigenvalue weighted by molar-refractivity contribution is 5.94. The highest BCUT2D eigenvalue weighted by Gasteiger charge is 2.13. The number of benzene rings is 2. The molecule has 0 aliphatic carbocycles. The van der Waals surface area contributed by atoms with Crippen LogP contribution in [0.5, 0.6) is 0 Å². The van der Waals surface area contributed by atoms with Gasteiger partial charge in [0.05, 0.1) is 6.54 Å². The second-order valence-corrected chi connectivity index (χ2v) is 6.38. The molecule has 0 aliphatic heterocycles. The Morgan fingerprint density at radius 2 is 1.88 bits per heavy atom. The molecule has 0 bridgehead atoms. The van der Waals surface area contributed by atoms with Crippen molar-refractivity contribution < 1.29 is 4.79 Å². The molecule has 0 atom stereocenters. The summed E-state index contributed by atoms with van der Waals surface area (Å²) in [6.45, 7) is 5.41. The summed E-state index contributed by atoms with van der Waals surface area (Å²) in [6.07, 6.45) is 3.19. The first-order valence-electron chi connectivity index (χ1n) is 8.26. The topological polar surface area (TPSA) is 51.0 Å². The highest BCUT2D eigenvalue weighted by atomic mass is 16.2. The van der Waals surface area contributed by atoms with Gasteiger partial charge in [-0.1, -0.05) is 35.9 Å². The average Bonchev–Trinajstić information content (AvgIpc) is 3.10. The lowest BCUT2D eigenvalue weighted by Crippen LogP contribution is -2.26. The van der Waals surface area contributed by atoms with E-state index in [1.807, 2.05) is 31.3 Å². The summed E-state index contributed by atoms with van der Waals surface area (Å²) in [5.74, 6) is 0.0206. The van der Waals surface area contributed by atoms with E-state index in [0.29, 0.717) is 18.7 Å². The molecule has 0 N–H and O–H groups in total. The van der Waals surface area contributed by atoms with Crippen LogP contribution in [-0.4, -0.2) is 32.6 Å². The molecule has 1 aromatic heterocycles. The number of amides is 1. The van der Waals surface area contributed by atoms with Crippen LogP contribution in [-0.2, 0) is 13.1 Å². The fraction of sp³-hybridized carbons (Fsp3) is 0.250.